The van der Waals surface area contributed by atoms with Gasteiger partial charge in [0.15, 0.2) is 0 Å². The topological polar surface area (TPSA) is 32.3 Å². The van der Waals surface area contributed by atoms with Crippen LogP contribution in [-0.2, 0) is 6.42 Å². The van der Waals surface area contributed by atoms with Crippen molar-refractivity contribution in [1.82, 2.24) is 5.32 Å². The van der Waals surface area contributed by atoms with Gasteiger partial charge in [-0.1, -0.05) is 24.3 Å². The normalized spacial score (nSPS) is 19.9. The maximum absolute atomic E-state index is 10.1. The molecule has 2 aromatic rings. The summed E-state index contributed by atoms with van der Waals surface area (Å²) in [6, 6.07) is 11.0. The number of aryl methyl sites for hydroxylation is 1. The maximum Gasteiger partial charge on any atom is 0.0922 e. The molecule has 0 saturated heterocycles. The zero-order valence-corrected chi connectivity index (χ0v) is 11.7. The van der Waals surface area contributed by atoms with E-state index in [-0.39, 0.29) is 0 Å². The van der Waals surface area contributed by atoms with Gasteiger partial charge >= 0.3 is 0 Å². The van der Waals surface area contributed by atoms with E-state index in [1.807, 2.05) is 16.8 Å². The van der Waals surface area contributed by atoms with Gasteiger partial charge in [-0.15, -0.1) is 0 Å². The molecular weight excluding hydrogens is 254 g/mol. The Morgan fingerprint density at radius 2 is 2.21 bits per heavy atom. The Morgan fingerprint density at radius 1 is 1.32 bits per heavy atom. The van der Waals surface area contributed by atoms with Crippen molar-refractivity contribution in [1.29, 1.82) is 0 Å². The summed E-state index contributed by atoms with van der Waals surface area (Å²) < 4.78 is 0. The van der Waals surface area contributed by atoms with Crippen LogP contribution in [0.4, 0.5) is 0 Å². The van der Waals surface area contributed by atoms with Gasteiger partial charge in [0.1, 0.15) is 0 Å². The fraction of sp³-hybridized carbons (Fsp3) is 0.375. The molecule has 1 aromatic carbocycles. The molecule has 0 bridgehead atoms. The van der Waals surface area contributed by atoms with Crippen LogP contribution in [0, 0.1) is 0 Å². The Morgan fingerprint density at radius 3 is 3.05 bits per heavy atom. The average molecular weight is 273 g/mol. The smallest absolute Gasteiger partial charge is 0.0922 e. The number of rotatable bonds is 4. The Bertz CT molecular complexity index is 523. The molecule has 2 nitrogen and oxygen atoms in total. The molecule has 100 valence electrons. The molecule has 0 spiro atoms. The first-order valence-corrected chi connectivity index (χ1v) is 7.80. The highest BCUT2D eigenvalue weighted by Crippen LogP contribution is 2.29. The van der Waals surface area contributed by atoms with Crippen LogP contribution in [0.3, 0.4) is 0 Å². The van der Waals surface area contributed by atoms with Gasteiger partial charge in [0.05, 0.1) is 6.10 Å². The van der Waals surface area contributed by atoms with Crippen molar-refractivity contribution in [3.8, 4) is 0 Å². The molecule has 1 heterocycles. The molecule has 19 heavy (non-hydrogen) atoms. The molecule has 3 heteroatoms. The van der Waals surface area contributed by atoms with Gasteiger partial charge in [-0.05, 0) is 52.8 Å². The van der Waals surface area contributed by atoms with E-state index in [0.29, 0.717) is 12.6 Å². The highest BCUT2D eigenvalue weighted by atomic mass is 32.1. The number of aliphatic hydroxyl groups excluding tert-OH is 1. The second kappa shape index (κ2) is 5.87. The van der Waals surface area contributed by atoms with Gasteiger partial charge in [0, 0.05) is 12.6 Å². The highest BCUT2D eigenvalue weighted by Gasteiger charge is 2.20. The number of benzene rings is 1. The molecule has 0 fully saturated rings. The summed E-state index contributed by atoms with van der Waals surface area (Å²) >= 11 is 1.63. The van der Waals surface area contributed by atoms with E-state index in [1.165, 1.54) is 24.0 Å². The van der Waals surface area contributed by atoms with Crippen LogP contribution in [0.15, 0.2) is 41.1 Å². The van der Waals surface area contributed by atoms with E-state index in [2.05, 4.69) is 29.6 Å². The molecule has 2 N–H and O–H groups in total. The zero-order chi connectivity index (χ0) is 13.1. The number of nitrogens with one attached hydrogen (secondary N) is 1. The molecule has 0 saturated carbocycles. The van der Waals surface area contributed by atoms with Crippen molar-refractivity contribution in [2.24, 2.45) is 0 Å². The van der Waals surface area contributed by atoms with Gasteiger partial charge < -0.3 is 10.4 Å². The lowest BCUT2D eigenvalue weighted by Gasteiger charge is -2.27. The Kier molecular flexibility index (Phi) is 3.97. The van der Waals surface area contributed by atoms with Crippen LogP contribution < -0.4 is 5.32 Å². The summed E-state index contributed by atoms with van der Waals surface area (Å²) in [6.45, 7) is 0.621. The van der Waals surface area contributed by atoms with Crippen molar-refractivity contribution in [3.05, 3.63) is 57.8 Å². The summed E-state index contributed by atoms with van der Waals surface area (Å²) in [5.41, 5.74) is 3.88. The fourth-order valence-electron chi connectivity index (χ4n) is 2.80. The van der Waals surface area contributed by atoms with Crippen LogP contribution in [-0.4, -0.2) is 11.7 Å². The Labute approximate surface area is 118 Å². The first-order chi connectivity index (χ1) is 9.34. The van der Waals surface area contributed by atoms with Gasteiger partial charge in [0.2, 0.25) is 0 Å². The minimum Gasteiger partial charge on any atom is -0.387 e. The summed E-state index contributed by atoms with van der Waals surface area (Å²) in [6.07, 6.45) is 3.17. The van der Waals surface area contributed by atoms with E-state index in [9.17, 15) is 5.11 Å². The van der Waals surface area contributed by atoms with Crippen molar-refractivity contribution < 1.29 is 5.11 Å². The Hall–Kier alpha value is -1.16. The molecule has 2 unspecified atom stereocenters. The minimum absolute atomic E-state index is 0.387. The largest absolute Gasteiger partial charge is 0.387 e. The first-order valence-electron chi connectivity index (χ1n) is 6.86. The average Bonchev–Trinajstić information content (AvgIpc) is 2.99. The van der Waals surface area contributed by atoms with E-state index < -0.39 is 6.10 Å². The van der Waals surface area contributed by atoms with Crippen LogP contribution in [0.2, 0.25) is 0 Å². The molecule has 1 aromatic heterocycles. The van der Waals surface area contributed by atoms with Crippen molar-refractivity contribution in [3.63, 3.8) is 0 Å². The summed E-state index contributed by atoms with van der Waals surface area (Å²) in [5.74, 6) is 0. The molecule has 0 aliphatic heterocycles. The highest BCUT2D eigenvalue weighted by molar-refractivity contribution is 7.07. The SMILES string of the molecule is OC(CNC1CCCc2ccccc21)c1ccsc1. The van der Waals surface area contributed by atoms with E-state index in [0.717, 1.165) is 12.0 Å². The zero-order valence-electron chi connectivity index (χ0n) is 10.9. The lowest BCUT2D eigenvalue weighted by molar-refractivity contribution is 0.168. The maximum atomic E-state index is 10.1. The number of hydrogen-bond acceptors (Lipinski definition) is 3. The number of aliphatic hydroxyl groups is 1. The van der Waals surface area contributed by atoms with E-state index in [1.54, 1.807) is 11.3 Å². The first kappa shape index (κ1) is 12.9. The molecule has 3 rings (SSSR count). The van der Waals surface area contributed by atoms with Crippen LogP contribution >= 0.6 is 11.3 Å². The minimum atomic E-state index is -0.402. The number of fused-ring (bicyclic) bond motifs is 1. The quantitative estimate of drug-likeness (QED) is 0.894. The Balaban J connectivity index is 1.65. The number of hydrogen-bond donors (Lipinski definition) is 2. The van der Waals surface area contributed by atoms with Crippen LogP contribution in [0.5, 0.6) is 0 Å². The molecule has 0 amide bonds. The molecule has 2 atom stereocenters. The van der Waals surface area contributed by atoms with Crippen molar-refractivity contribution in [2.75, 3.05) is 6.54 Å². The van der Waals surface area contributed by atoms with Gasteiger partial charge in [-0.3, -0.25) is 0 Å². The summed E-state index contributed by atoms with van der Waals surface area (Å²) in [5, 5.41) is 17.7. The van der Waals surface area contributed by atoms with Crippen molar-refractivity contribution in [2.45, 2.75) is 31.4 Å². The molecule has 1 aliphatic rings. The second-order valence-electron chi connectivity index (χ2n) is 5.12. The van der Waals surface area contributed by atoms with Gasteiger partial charge in [0.25, 0.3) is 0 Å². The lowest BCUT2D eigenvalue weighted by atomic mass is 9.87. The molecule has 0 radical (unpaired) electrons. The third-order valence-electron chi connectivity index (χ3n) is 3.85. The van der Waals surface area contributed by atoms with E-state index in [4.69, 9.17) is 0 Å². The second-order valence-corrected chi connectivity index (χ2v) is 5.90. The predicted octanol–water partition coefficient (Wildman–Crippen LogP) is 3.45. The molecular formula is C16H19NOS. The van der Waals surface area contributed by atoms with Gasteiger partial charge in [-0.25, -0.2) is 0 Å². The standard InChI is InChI=1S/C16H19NOS/c18-16(13-8-9-19-11-13)10-17-15-7-3-5-12-4-1-2-6-14(12)15/h1-2,4,6,8-9,11,15-18H,3,5,7,10H2. The summed E-state index contributed by atoms with van der Waals surface area (Å²) in [7, 11) is 0. The van der Waals surface area contributed by atoms with Crippen LogP contribution in [0.1, 0.15) is 41.7 Å². The van der Waals surface area contributed by atoms with E-state index >= 15 is 0 Å². The summed E-state index contributed by atoms with van der Waals surface area (Å²) in [4.78, 5) is 0. The fourth-order valence-corrected chi connectivity index (χ4v) is 3.51. The van der Waals surface area contributed by atoms with Crippen molar-refractivity contribution >= 4 is 11.3 Å². The monoisotopic (exact) mass is 273 g/mol. The van der Waals surface area contributed by atoms with Gasteiger partial charge in [-0.2, -0.15) is 11.3 Å². The lowest BCUT2D eigenvalue weighted by Crippen LogP contribution is -2.29. The molecule has 1 aliphatic carbocycles. The third kappa shape index (κ3) is 2.89. The predicted molar refractivity (Wildman–Crippen MR) is 79.4 cm³/mol. The van der Waals surface area contributed by atoms with Crippen LogP contribution in [0.25, 0.3) is 0 Å². The third-order valence-corrected chi connectivity index (χ3v) is 4.56. The number of thiophene rings is 1.